The summed E-state index contributed by atoms with van der Waals surface area (Å²) >= 11 is 0. The molecule has 0 radical (unpaired) electrons. The summed E-state index contributed by atoms with van der Waals surface area (Å²) in [7, 11) is 3.17. The second-order valence-corrected chi connectivity index (χ2v) is 10.5. The fraction of sp³-hybridized carbons (Fsp3) is 0.250. The Balaban J connectivity index is 1.35. The quantitative estimate of drug-likeness (QED) is 0.255. The fourth-order valence-electron chi connectivity index (χ4n) is 5.04. The Labute approximate surface area is 236 Å². The van der Waals surface area contributed by atoms with Crippen molar-refractivity contribution in [3.63, 3.8) is 0 Å². The molecule has 1 aliphatic carbocycles. The summed E-state index contributed by atoms with van der Waals surface area (Å²) < 4.78 is 16.7. The number of aryl methyl sites for hydroxylation is 2. The van der Waals surface area contributed by atoms with Gasteiger partial charge in [0, 0.05) is 30.7 Å². The van der Waals surface area contributed by atoms with Crippen molar-refractivity contribution in [1.29, 1.82) is 0 Å². The number of rotatable bonds is 8. The number of amides is 2. The van der Waals surface area contributed by atoms with E-state index in [1.165, 1.54) is 0 Å². The van der Waals surface area contributed by atoms with Crippen LogP contribution in [0.4, 0.5) is 0 Å². The zero-order valence-electron chi connectivity index (χ0n) is 23.3. The van der Waals surface area contributed by atoms with E-state index in [1.54, 1.807) is 20.2 Å². The lowest BCUT2D eigenvalue weighted by molar-refractivity contribution is 0.0919. The van der Waals surface area contributed by atoms with E-state index in [0.717, 1.165) is 40.7 Å². The molecule has 9 nitrogen and oxygen atoms in total. The number of methoxy groups -OCH3 is 1. The average Bonchev–Trinajstić information content (AvgIpc) is 3.42. The first kappa shape index (κ1) is 26.5. The molecule has 1 aliphatic rings. The second-order valence-electron chi connectivity index (χ2n) is 10.5. The summed E-state index contributed by atoms with van der Waals surface area (Å²) in [5, 5.41) is 10.5. The number of hydrogen-bond donors (Lipinski definition) is 2. The zero-order valence-corrected chi connectivity index (χ0v) is 23.3. The van der Waals surface area contributed by atoms with E-state index in [4.69, 9.17) is 13.7 Å². The van der Waals surface area contributed by atoms with Crippen molar-refractivity contribution in [2.24, 2.45) is 0 Å². The Kier molecular flexibility index (Phi) is 6.67. The van der Waals surface area contributed by atoms with Crippen LogP contribution in [0.1, 0.15) is 56.4 Å². The predicted molar refractivity (Wildman–Crippen MR) is 153 cm³/mol. The number of nitrogens with zero attached hydrogens (tertiary/aromatic N) is 2. The summed E-state index contributed by atoms with van der Waals surface area (Å²) in [5.74, 6) is 0.891. The van der Waals surface area contributed by atoms with Gasteiger partial charge >= 0.3 is 0 Å². The van der Waals surface area contributed by atoms with Gasteiger partial charge in [0.05, 0.1) is 5.56 Å². The van der Waals surface area contributed by atoms with Crippen molar-refractivity contribution in [3.8, 4) is 22.5 Å². The second kappa shape index (κ2) is 10.3. The Bertz CT molecular complexity index is 1780. The van der Waals surface area contributed by atoms with Crippen LogP contribution in [0.2, 0.25) is 0 Å². The molecule has 0 bridgehead atoms. The summed E-state index contributed by atoms with van der Waals surface area (Å²) in [5.41, 5.74) is 5.62. The van der Waals surface area contributed by atoms with Gasteiger partial charge in [-0.1, -0.05) is 47.1 Å². The number of carbonyl (C=O) groups excluding carboxylic acids is 2. The largest absolute Gasteiger partial charge is 0.455 e. The molecule has 0 aliphatic heterocycles. The van der Waals surface area contributed by atoms with Gasteiger partial charge in [-0.3, -0.25) is 9.59 Å². The van der Waals surface area contributed by atoms with Crippen molar-refractivity contribution in [1.82, 2.24) is 20.8 Å². The minimum atomic E-state index is -0.661. The average molecular weight is 551 g/mol. The SMILES string of the molecule is CNC(=O)c1c(-c2ccc(C)cc2)oc2ccc(-c3cc(C(=O)NC4(c5nc(COC)no5)CC4)ccc3C)cc12. The van der Waals surface area contributed by atoms with Crippen LogP contribution in [0, 0.1) is 13.8 Å². The molecule has 0 saturated heterocycles. The molecule has 2 heterocycles. The minimum Gasteiger partial charge on any atom is -0.455 e. The topological polar surface area (TPSA) is 119 Å². The van der Waals surface area contributed by atoms with Gasteiger partial charge in [-0.15, -0.1) is 0 Å². The van der Waals surface area contributed by atoms with Gasteiger partial charge < -0.3 is 24.3 Å². The van der Waals surface area contributed by atoms with Gasteiger partial charge in [0.15, 0.2) is 5.82 Å². The number of hydrogen-bond acceptors (Lipinski definition) is 7. The van der Waals surface area contributed by atoms with E-state index in [0.29, 0.717) is 39.6 Å². The lowest BCUT2D eigenvalue weighted by Crippen LogP contribution is -2.35. The van der Waals surface area contributed by atoms with Gasteiger partial charge in [0.1, 0.15) is 23.5 Å². The van der Waals surface area contributed by atoms with E-state index in [1.807, 2.05) is 68.4 Å². The van der Waals surface area contributed by atoms with Gasteiger partial charge in [-0.05, 0) is 67.6 Å². The number of nitrogens with one attached hydrogen (secondary N) is 2. The molecule has 41 heavy (non-hydrogen) atoms. The highest BCUT2D eigenvalue weighted by Gasteiger charge is 2.51. The van der Waals surface area contributed by atoms with Crippen LogP contribution in [-0.4, -0.2) is 36.1 Å². The van der Waals surface area contributed by atoms with E-state index in [-0.39, 0.29) is 18.4 Å². The van der Waals surface area contributed by atoms with Crippen LogP contribution < -0.4 is 10.6 Å². The number of benzene rings is 3. The van der Waals surface area contributed by atoms with Crippen molar-refractivity contribution < 1.29 is 23.3 Å². The third kappa shape index (κ3) is 4.89. The smallest absolute Gasteiger partial charge is 0.255 e. The molecule has 3 aromatic carbocycles. The molecule has 1 fully saturated rings. The van der Waals surface area contributed by atoms with Crippen molar-refractivity contribution in [2.75, 3.05) is 14.2 Å². The van der Waals surface area contributed by atoms with Crippen molar-refractivity contribution >= 4 is 22.8 Å². The van der Waals surface area contributed by atoms with E-state index >= 15 is 0 Å². The molecule has 0 atom stereocenters. The summed E-state index contributed by atoms with van der Waals surface area (Å²) in [6, 6.07) is 19.2. The van der Waals surface area contributed by atoms with Gasteiger partial charge in [0.25, 0.3) is 17.7 Å². The van der Waals surface area contributed by atoms with E-state index in [2.05, 4.69) is 20.8 Å². The summed E-state index contributed by atoms with van der Waals surface area (Å²) in [4.78, 5) is 30.8. The normalized spacial score (nSPS) is 13.8. The lowest BCUT2D eigenvalue weighted by atomic mass is 9.95. The Morgan fingerprint density at radius 3 is 2.44 bits per heavy atom. The third-order valence-electron chi connectivity index (χ3n) is 7.52. The molecule has 0 spiro atoms. The maximum Gasteiger partial charge on any atom is 0.255 e. The van der Waals surface area contributed by atoms with Crippen LogP contribution in [0.15, 0.2) is 69.6 Å². The minimum absolute atomic E-state index is 0.229. The summed E-state index contributed by atoms with van der Waals surface area (Å²) in [6.07, 6.45) is 1.43. The number of furan rings is 1. The first-order chi connectivity index (χ1) is 19.8. The zero-order chi connectivity index (χ0) is 28.7. The predicted octanol–water partition coefficient (Wildman–Crippen LogP) is 5.69. The molecular formula is C32H30N4O5. The molecule has 2 aromatic heterocycles. The van der Waals surface area contributed by atoms with Gasteiger partial charge in [-0.2, -0.15) is 4.98 Å². The van der Waals surface area contributed by atoms with Crippen LogP contribution in [-0.2, 0) is 16.9 Å². The molecule has 1 saturated carbocycles. The van der Waals surface area contributed by atoms with Crippen LogP contribution in [0.5, 0.6) is 0 Å². The molecule has 2 N–H and O–H groups in total. The lowest BCUT2D eigenvalue weighted by Gasteiger charge is -2.14. The molecule has 5 aromatic rings. The fourth-order valence-corrected chi connectivity index (χ4v) is 5.04. The van der Waals surface area contributed by atoms with Gasteiger partial charge in [0.2, 0.25) is 0 Å². The Morgan fingerprint density at radius 2 is 1.73 bits per heavy atom. The number of aromatic nitrogens is 2. The first-order valence-corrected chi connectivity index (χ1v) is 13.4. The highest BCUT2D eigenvalue weighted by atomic mass is 16.5. The van der Waals surface area contributed by atoms with Crippen LogP contribution in [0.25, 0.3) is 33.4 Å². The molecule has 9 heteroatoms. The van der Waals surface area contributed by atoms with Gasteiger partial charge in [-0.25, -0.2) is 0 Å². The highest BCUT2D eigenvalue weighted by Crippen LogP contribution is 2.45. The standard InChI is InChI=1S/C32H30N4O5/c1-18-5-8-20(9-6-18)28-27(30(38)33-3)24-15-21(11-12-25(24)40-28)23-16-22(10-7-19(23)2)29(37)35-32(13-14-32)31-34-26(17-39-4)36-41-31/h5-12,15-16H,13-14,17H2,1-4H3,(H,33,38)(H,35,37). The maximum absolute atomic E-state index is 13.4. The maximum atomic E-state index is 13.4. The number of carbonyl (C=O) groups is 2. The van der Waals surface area contributed by atoms with Crippen molar-refractivity contribution in [2.45, 2.75) is 38.8 Å². The van der Waals surface area contributed by atoms with Crippen LogP contribution >= 0.6 is 0 Å². The van der Waals surface area contributed by atoms with E-state index < -0.39 is 5.54 Å². The number of ether oxygens (including phenoxy) is 1. The van der Waals surface area contributed by atoms with E-state index in [9.17, 15) is 9.59 Å². The highest BCUT2D eigenvalue weighted by molar-refractivity contribution is 6.12. The molecular weight excluding hydrogens is 520 g/mol. The molecule has 2 amide bonds. The molecule has 6 rings (SSSR count). The number of fused-ring (bicyclic) bond motifs is 1. The molecule has 208 valence electrons. The Hall–Kier alpha value is -4.76. The Morgan fingerprint density at radius 1 is 0.976 bits per heavy atom. The first-order valence-electron chi connectivity index (χ1n) is 13.4. The molecule has 0 unspecified atom stereocenters. The monoisotopic (exact) mass is 550 g/mol. The third-order valence-corrected chi connectivity index (χ3v) is 7.52. The van der Waals surface area contributed by atoms with Crippen LogP contribution in [0.3, 0.4) is 0 Å². The van der Waals surface area contributed by atoms with Crippen molar-refractivity contribution in [3.05, 3.63) is 94.6 Å². The summed E-state index contributed by atoms with van der Waals surface area (Å²) in [6.45, 7) is 4.25.